The molecule has 0 atom stereocenters. The van der Waals surface area contributed by atoms with E-state index in [1.807, 2.05) is 0 Å². The summed E-state index contributed by atoms with van der Waals surface area (Å²) in [4.78, 5) is 22.9. The number of rotatable bonds is 3. The molecular formula is C11H12BrNO4. The third kappa shape index (κ3) is 2.76. The summed E-state index contributed by atoms with van der Waals surface area (Å²) in [5.74, 6) is -1.05. The minimum absolute atomic E-state index is 0.159. The van der Waals surface area contributed by atoms with E-state index in [-0.39, 0.29) is 23.4 Å². The molecule has 1 aromatic carbocycles. The second-order valence-corrected chi connectivity index (χ2v) is 3.89. The predicted octanol–water partition coefficient (Wildman–Crippen LogP) is 1.99. The van der Waals surface area contributed by atoms with Gasteiger partial charge in [0.15, 0.2) is 0 Å². The van der Waals surface area contributed by atoms with Gasteiger partial charge in [0, 0.05) is 0 Å². The van der Waals surface area contributed by atoms with Crippen LogP contribution in [0.25, 0.3) is 0 Å². The molecule has 0 aliphatic heterocycles. The highest BCUT2D eigenvalue weighted by Gasteiger charge is 2.19. The number of hydrogen-bond acceptors (Lipinski definition) is 5. The van der Waals surface area contributed by atoms with Crippen LogP contribution < -0.4 is 5.73 Å². The Morgan fingerprint density at radius 1 is 1.29 bits per heavy atom. The molecule has 0 aliphatic rings. The fourth-order valence-corrected chi connectivity index (χ4v) is 1.75. The molecule has 6 heteroatoms. The van der Waals surface area contributed by atoms with Crippen LogP contribution in [0.1, 0.15) is 27.6 Å². The Morgan fingerprint density at radius 2 is 1.88 bits per heavy atom. The summed E-state index contributed by atoms with van der Waals surface area (Å²) < 4.78 is 9.74. The van der Waals surface area contributed by atoms with E-state index >= 15 is 0 Å². The molecule has 0 unspecified atom stereocenters. The Labute approximate surface area is 107 Å². The molecule has 0 fully saturated rings. The molecule has 0 amide bonds. The summed E-state index contributed by atoms with van der Waals surface area (Å²) in [5.41, 5.74) is 6.39. The van der Waals surface area contributed by atoms with Gasteiger partial charge in [0.05, 0.1) is 35.0 Å². The summed E-state index contributed by atoms with van der Waals surface area (Å²) in [6, 6.07) is 2.89. The van der Waals surface area contributed by atoms with E-state index in [1.165, 1.54) is 19.2 Å². The molecular weight excluding hydrogens is 290 g/mol. The zero-order valence-corrected chi connectivity index (χ0v) is 11.0. The first-order valence-corrected chi connectivity index (χ1v) is 5.65. The van der Waals surface area contributed by atoms with Crippen molar-refractivity contribution in [2.45, 2.75) is 6.92 Å². The first-order valence-electron chi connectivity index (χ1n) is 4.86. The Morgan fingerprint density at radius 3 is 2.41 bits per heavy atom. The predicted molar refractivity (Wildman–Crippen MR) is 65.9 cm³/mol. The number of nitrogens with two attached hydrogens (primary N) is 1. The highest BCUT2D eigenvalue weighted by molar-refractivity contribution is 9.10. The lowest BCUT2D eigenvalue weighted by atomic mass is 10.1. The van der Waals surface area contributed by atoms with Gasteiger partial charge in [-0.3, -0.25) is 0 Å². The van der Waals surface area contributed by atoms with Crippen LogP contribution in [0.15, 0.2) is 16.6 Å². The monoisotopic (exact) mass is 301 g/mol. The lowest BCUT2D eigenvalue weighted by Crippen LogP contribution is -2.11. The van der Waals surface area contributed by atoms with Crippen molar-refractivity contribution in [3.05, 3.63) is 27.7 Å². The van der Waals surface area contributed by atoms with E-state index in [1.54, 1.807) is 6.92 Å². The maximum absolute atomic E-state index is 11.5. The summed E-state index contributed by atoms with van der Waals surface area (Å²) in [6.07, 6.45) is 0. The molecule has 0 radical (unpaired) electrons. The van der Waals surface area contributed by atoms with Crippen molar-refractivity contribution in [3.63, 3.8) is 0 Å². The molecule has 0 aromatic heterocycles. The number of benzene rings is 1. The summed E-state index contributed by atoms with van der Waals surface area (Å²) in [5, 5.41) is 0. The smallest absolute Gasteiger partial charge is 0.340 e. The van der Waals surface area contributed by atoms with E-state index in [9.17, 15) is 9.59 Å². The lowest BCUT2D eigenvalue weighted by Gasteiger charge is -2.09. The highest BCUT2D eigenvalue weighted by atomic mass is 79.9. The SMILES string of the molecule is CCOC(=O)c1ccc(C(=O)OC)c(Br)c1N. The fourth-order valence-electron chi connectivity index (χ4n) is 1.25. The molecule has 5 nitrogen and oxygen atoms in total. The largest absolute Gasteiger partial charge is 0.465 e. The van der Waals surface area contributed by atoms with Gasteiger partial charge in [-0.1, -0.05) is 0 Å². The van der Waals surface area contributed by atoms with Crippen LogP contribution in [-0.4, -0.2) is 25.7 Å². The average molecular weight is 302 g/mol. The van der Waals surface area contributed by atoms with Crippen molar-refractivity contribution >= 4 is 33.6 Å². The van der Waals surface area contributed by atoms with Crippen LogP contribution in [0, 0.1) is 0 Å². The van der Waals surface area contributed by atoms with E-state index in [0.29, 0.717) is 4.47 Å². The zero-order valence-electron chi connectivity index (χ0n) is 9.45. The standard InChI is InChI=1S/C11H12BrNO4/c1-3-17-11(15)7-5-4-6(10(14)16-2)8(12)9(7)13/h4-5H,3,13H2,1-2H3. The van der Waals surface area contributed by atoms with Crippen molar-refractivity contribution in [2.75, 3.05) is 19.5 Å². The van der Waals surface area contributed by atoms with Crippen LogP contribution in [0.4, 0.5) is 5.69 Å². The Kier molecular flexibility index (Phi) is 4.51. The normalized spacial score (nSPS) is 9.82. The Hall–Kier alpha value is -1.56. The molecule has 17 heavy (non-hydrogen) atoms. The number of nitrogen functional groups attached to an aromatic ring is 1. The van der Waals surface area contributed by atoms with E-state index < -0.39 is 11.9 Å². The number of carbonyl (C=O) groups is 2. The van der Waals surface area contributed by atoms with Crippen molar-refractivity contribution in [1.29, 1.82) is 0 Å². The number of methoxy groups -OCH3 is 1. The Bertz CT molecular complexity index is 459. The van der Waals surface area contributed by atoms with E-state index in [0.717, 1.165) is 0 Å². The van der Waals surface area contributed by atoms with Crippen molar-refractivity contribution < 1.29 is 19.1 Å². The average Bonchev–Trinajstić information content (AvgIpc) is 2.31. The van der Waals surface area contributed by atoms with Crippen LogP contribution in [-0.2, 0) is 9.47 Å². The van der Waals surface area contributed by atoms with Gasteiger partial charge in [-0.2, -0.15) is 0 Å². The van der Waals surface area contributed by atoms with Gasteiger partial charge >= 0.3 is 11.9 Å². The quantitative estimate of drug-likeness (QED) is 0.682. The van der Waals surface area contributed by atoms with Gasteiger partial charge in [-0.25, -0.2) is 9.59 Å². The van der Waals surface area contributed by atoms with Gasteiger partial charge in [-0.15, -0.1) is 0 Å². The summed E-state index contributed by atoms with van der Waals surface area (Å²) in [7, 11) is 1.27. The van der Waals surface area contributed by atoms with E-state index in [2.05, 4.69) is 20.7 Å². The minimum Gasteiger partial charge on any atom is -0.465 e. The molecule has 1 rings (SSSR count). The van der Waals surface area contributed by atoms with Gasteiger partial charge in [-0.05, 0) is 35.0 Å². The van der Waals surface area contributed by atoms with Gasteiger partial charge in [0.2, 0.25) is 0 Å². The molecule has 0 heterocycles. The lowest BCUT2D eigenvalue weighted by molar-refractivity contribution is 0.0525. The fraction of sp³-hybridized carbons (Fsp3) is 0.273. The number of carbonyl (C=O) groups excluding carboxylic acids is 2. The van der Waals surface area contributed by atoms with Crippen molar-refractivity contribution in [3.8, 4) is 0 Å². The van der Waals surface area contributed by atoms with Crippen LogP contribution in [0.2, 0.25) is 0 Å². The number of halogens is 1. The maximum atomic E-state index is 11.5. The molecule has 0 saturated heterocycles. The molecule has 0 spiro atoms. The van der Waals surface area contributed by atoms with Gasteiger partial charge < -0.3 is 15.2 Å². The van der Waals surface area contributed by atoms with Gasteiger partial charge in [0.25, 0.3) is 0 Å². The number of hydrogen-bond donors (Lipinski definition) is 1. The summed E-state index contributed by atoms with van der Waals surface area (Å²) >= 11 is 3.16. The first-order chi connectivity index (χ1) is 8.02. The maximum Gasteiger partial charge on any atom is 0.340 e. The van der Waals surface area contributed by atoms with Crippen molar-refractivity contribution in [1.82, 2.24) is 0 Å². The zero-order chi connectivity index (χ0) is 13.0. The van der Waals surface area contributed by atoms with Crippen molar-refractivity contribution in [2.24, 2.45) is 0 Å². The molecule has 0 aliphatic carbocycles. The van der Waals surface area contributed by atoms with Gasteiger partial charge in [0.1, 0.15) is 0 Å². The van der Waals surface area contributed by atoms with Crippen LogP contribution in [0.5, 0.6) is 0 Å². The number of ether oxygens (including phenoxy) is 2. The number of esters is 2. The van der Waals surface area contributed by atoms with Crippen LogP contribution >= 0.6 is 15.9 Å². The summed E-state index contributed by atoms with van der Waals surface area (Å²) in [6.45, 7) is 1.96. The molecule has 1 aromatic rings. The van der Waals surface area contributed by atoms with E-state index in [4.69, 9.17) is 10.5 Å². The minimum atomic E-state index is -0.529. The molecule has 92 valence electrons. The molecule has 0 saturated carbocycles. The second-order valence-electron chi connectivity index (χ2n) is 3.10. The third-order valence-corrected chi connectivity index (χ3v) is 2.93. The number of anilines is 1. The first kappa shape index (κ1) is 13.5. The highest BCUT2D eigenvalue weighted by Crippen LogP contribution is 2.28. The third-order valence-electron chi connectivity index (χ3n) is 2.08. The Balaban J connectivity index is 3.19. The van der Waals surface area contributed by atoms with Crippen LogP contribution in [0.3, 0.4) is 0 Å². The molecule has 0 bridgehead atoms. The second kappa shape index (κ2) is 5.67. The molecule has 2 N–H and O–H groups in total. The topological polar surface area (TPSA) is 78.6 Å².